The zero-order valence-corrected chi connectivity index (χ0v) is 13.1. The lowest BCUT2D eigenvalue weighted by Crippen LogP contribution is -2.35. The summed E-state index contributed by atoms with van der Waals surface area (Å²) in [5.74, 6) is 0. The van der Waals surface area contributed by atoms with Gasteiger partial charge in [-0.3, -0.25) is 0 Å². The molecule has 2 unspecified atom stereocenters. The Morgan fingerprint density at radius 1 is 1.11 bits per heavy atom. The molecule has 1 aromatic heterocycles. The van der Waals surface area contributed by atoms with E-state index in [4.69, 9.17) is 0 Å². The van der Waals surface area contributed by atoms with Gasteiger partial charge in [-0.25, -0.2) is 0 Å². The van der Waals surface area contributed by atoms with Gasteiger partial charge in [-0.2, -0.15) is 0 Å². The van der Waals surface area contributed by atoms with E-state index >= 15 is 0 Å². The van der Waals surface area contributed by atoms with Crippen LogP contribution in [0.1, 0.15) is 64.2 Å². The lowest BCUT2D eigenvalue weighted by Gasteiger charge is -2.19. The molecule has 0 bridgehead atoms. The van der Waals surface area contributed by atoms with Crippen molar-refractivity contribution < 1.29 is 0 Å². The molecule has 2 atom stereocenters. The van der Waals surface area contributed by atoms with Crippen LogP contribution in [0.25, 0.3) is 0 Å². The first-order valence-electron chi connectivity index (χ1n) is 7.50. The van der Waals surface area contributed by atoms with E-state index in [1.165, 1.54) is 43.4 Å². The maximum absolute atomic E-state index is 3.72. The van der Waals surface area contributed by atoms with Gasteiger partial charge in [-0.05, 0) is 38.1 Å². The zero-order valence-electron chi connectivity index (χ0n) is 12.2. The van der Waals surface area contributed by atoms with Gasteiger partial charge < -0.3 is 5.32 Å². The smallest absolute Gasteiger partial charge is 0.00894 e. The van der Waals surface area contributed by atoms with Crippen LogP contribution in [0, 0.1) is 0 Å². The molecule has 0 saturated heterocycles. The molecule has 0 aliphatic rings. The van der Waals surface area contributed by atoms with E-state index in [-0.39, 0.29) is 0 Å². The summed E-state index contributed by atoms with van der Waals surface area (Å²) in [6.45, 7) is 6.90. The van der Waals surface area contributed by atoms with Gasteiger partial charge in [0.25, 0.3) is 0 Å². The second-order valence-corrected chi connectivity index (χ2v) is 6.49. The molecule has 0 radical (unpaired) electrons. The van der Waals surface area contributed by atoms with Crippen LogP contribution in [0.2, 0.25) is 0 Å². The van der Waals surface area contributed by atoms with E-state index in [0.29, 0.717) is 12.1 Å². The van der Waals surface area contributed by atoms with Gasteiger partial charge in [0.2, 0.25) is 0 Å². The highest BCUT2D eigenvalue weighted by atomic mass is 32.1. The summed E-state index contributed by atoms with van der Waals surface area (Å²) in [4.78, 5) is 1.49. The third-order valence-corrected chi connectivity index (χ3v) is 4.30. The molecule has 1 heterocycles. The molecule has 0 aromatic carbocycles. The van der Waals surface area contributed by atoms with Crippen molar-refractivity contribution in [1.82, 2.24) is 5.32 Å². The van der Waals surface area contributed by atoms with Gasteiger partial charge >= 0.3 is 0 Å². The molecule has 0 fully saturated rings. The second kappa shape index (κ2) is 9.57. The van der Waals surface area contributed by atoms with Crippen molar-refractivity contribution in [3.05, 3.63) is 22.4 Å². The van der Waals surface area contributed by atoms with Crippen molar-refractivity contribution >= 4 is 11.3 Å². The average molecular weight is 267 g/mol. The van der Waals surface area contributed by atoms with Crippen LogP contribution in [-0.2, 0) is 6.42 Å². The van der Waals surface area contributed by atoms with Crippen molar-refractivity contribution in [1.29, 1.82) is 0 Å². The second-order valence-electron chi connectivity index (χ2n) is 5.46. The summed E-state index contributed by atoms with van der Waals surface area (Å²) in [6, 6.07) is 5.62. The number of rotatable bonds is 10. The summed E-state index contributed by atoms with van der Waals surface area (Å²) in [5, 5.41) is 5.88. The number of unbranched alkanes of at least 4 members (excludes halogenated alkanes) is 4. The van der Waals surface area contributed by atoms with Gasteiger partial charge in [0.15, 0.2) is 0 Å². The summed E-state index contributed by atoms with van der Waals surface area (Å²) in [5.41, 5.74) is 0. The normalized spacial score (nSPS) is 14.6. The SMILES string of the molecule is CCCCCCCC(C)NC(C)Cc1cccs1. The molecule has 0 spiro atoms. The number of nitrogens with one attached hydrogen (secondary N) is 1. The highest BCUT2D eigenvalue weighted by molar-refractivity contribution is 7.09. The lowest BCUT2D eigenvalue weighted by atomic mass is 10.1. The first-order chi connectivity index (χ1) is 8.72. The van der Waals surface area contributed by atoms with E-state index in [1.807, 2.05) is 11.3 Å². The molecular weight excluding hydrogens is 238 g/mol. The van der Waals surface area contributed by atoms with Crippen LogP contribution in [0.3, 0.4) is 0 Å². The van der Waals surface area contributed by atoms with E-state index in [9.17, 15) is 0 Å². The highest BCUT2D eigenvalue weighted by Gasteiger charge is 2.08. The number of hydrogen-bond donors (Lipinski definition) is 1. The molecular formula is C16H29NS. The lowest BCUT2D eigenvalue weighted by molar-refractivity contribution is 0.428. The summed E-state index contributed by atoms with van der Waals surface area (Å²) in [7, 11) is 0. The quantitative estimate of drug-likeness (QED) is 0.587. The minimum Gasteiger partial charge on any atom is -0.311 e. The molecule has 2 heteroatoms. The standard InChI is InChI=1S/C16H29NS/c1-4-5-6-7-8-10-14(2)17-15(3)13-16-11-9-12-18-16/h9,11-12,14-15,17H,4-8,10,13H2,1-3H3. The maximum Gasteiger partial charge on any atom is 0.00894 e. The van der Waals surface area contributed by atoms with Gasteiger partial charge in [-0.15, -0.1) is 11.3 Å². The molecule has 0 aliphatic heterocycles. The zero-order chi connectivity index (χ0) is 13.2. The molecule has 104 valence electrons. The highest BCUT2D eigenvalue weighted by Crippen LogP contribution is 2.12. The van der Waals surface area contributed by atoms with E-state index in [2.05, 4.69) is 43.6 Å². The molecule has 1 nitrogen and oxygen atoms in total. The average Bonchev–Trinajstić information content (AvgIpc) is 2.81. The monoisotopic (exact) mass is 267 g/mol. The van der Waals surface area contributed by atoms with Gasteiger partial charge in [-0.1, -0.05) is 45.1 Å². The Morgan fingerprint density at radius 3 is 2.56 bits per heavy atom. The Labute approximate surface area is 117 Å². The molecule has 0 saturated carbocycles. The van der Waals surface area contributed by atoms with Crippen molar-refractivity contribution in [3.8, 4) is 0 Å². The topological polar surface area (TPSA) is 12.0 Å². The van der Waals surface area contributed by atoms with Gasteiger partial charge in [0.1, 0.15) is 0 Å². The third kappa shape index (κ3) is 7.17. The minimum atomic E-state index is 0.592. The Bertz CT molecular complexity index is 281. The molecule has 1 rings (SSSR count). The Balaban J connectivity index is 2.06. The third-order valence-electron chi connectivity index (χ3n) is 3.40. The minimum absolute atomic E-state index is 0.592. The van der Waals surface area contributed by atoms with Gasteiger partial charge in [0, 0.05) is 17.0 Å². The molecule has 18 heavy (non-hydrogen) atoms. The summed E-state index contributed by atoms with van der Waals surface area (Å²) >= 11 is 1.87. The van der Waals surface area contributed by atoms with Crippen molar-refractivity contribution in [2.75, 3.05) is 0 Å². The maximum atomic E-state index is 3.72. The van der Waals surface area contributed by atoms with E-state index in [0.717, 1.165) is 6.42 Å². The molecule has 0 aliphatic carbocycles. The van der Waals surface area contributed by atoms with E-state index < -0.39 is 0 Å². The Morgan fingerprint density at radius 2 is 1.89 bits per heavy atom. The number of hydrogen-bond acceptors (Lipinski definition) is 2. The predicted molar refractivity (Wildman–Crippen MR) is 83.5 cm³/mol. The van der Waals surface area contributed by atoms with Crippen LogP contribution in [0.15, 0.2) is 17.5 Å². The molecule has 0 amide bonds. The Kier molecular flexibility index (Phi) is 8.36. The van der Waals surface area contributed by atoms with Crippen LogP contribution >= 0.6 is 11.3 Å². The summed E-state index contributed by atoms with van der Waals surface area (Å²) < 4.78 is 0. The Hall–Kier alpha value is -0.340. The van der Waals surface area contributed by atoms with Gasteiger partial charge in [0.05, 0.1) is 0 Å². The largest absolute Gasteiger partial charge is 0.311 e. The first kappa shape index (κ1) is 15.7. The first-order valence-corrected chi connectivity index (χ1v) is 8.38. The fourth-order valence-electron chi connectivity index (χ4n) is 2.41. The van der Waals surface area contributed by atoms with E-state index in [1.54, 1.807) is 0 Å². The number of thiophene rings is 1. The van der Waals surface area contributed by atoms with Crippen LogP contribution in [0.5, 0.6) is 0 Å². The summed E-state index contributed by atoms with van der Waals surface area (Å²) in [6.07, 6.45) is 9.41. The van der Waals surface area contributed by atoms with Crippen molar-refractivity contribution in [2.24, 2.45) is 0 Å². The fourth-order valence-corrected chi connectivity index (χ4v) is 3.25. The fraction of sp³-hybridized carbons (Fsp3) is 0.750. The van der Waals surface area contributed by atoms with Crippen LogP contribution < -0.4 is 5.32 Å². The van der Waals surface area contributed by atoms with Crippen molar-refractivity contribution in [3.63, 3.8) is 0 Å². The van der Waals surface area contributed by atoms with Crippen molar-refractivity contribution in [2.45, 2.75) is 77.8 Å². The molecule has 1 aromatic rings. The van der Waals surface area contributed by atoms with Crippen LogP contribution in [0.4, 0.5) is 0 Å². The van der Waals surface area contributed by atoms with Crippen LogP contribution in [-0.4, -0.2) is 12.1 Å². The predicted octanol–water partition coefficient (Wildman–Crippen LogP) is 5.02. The molecule has 1 N–H and O–H groups in total.